The van der Waals surface area contributed by atoms with Gasteiger partial charge in [0.25, 0.3) is 0 Å². The van der Waals surface area contributed by atoms with E-state index in [1.54, 1.807) is 0 Å². The minimum absolute atomic E-state index is 0. The van der Waals surface area contributed by atoms with Crippen molar-refractivity contribution in [3.05, 3.63) is 0 Å². The van der Waals surface area contributed by atoms with Crippen molar-refractivity contribution in [3.63, 3.8) is 0 Å². The number of aliphatic hydroxyl groups excluding tert-OH is 1. The first-order valence-corrected chi connectivity index (χ1v) is 7.43. The normalized spacial score (nSPS) is 12.8. The minimum atomic E-state index is -1.32. The molecule has 0 fully saturated rings. The van der Waals surface area contributed by atoms with Gasteiger partial charge in [-0.25, -0.2) is 0 Å². The van der Waals surface area contributed by atoms with Gasteiger partial charge in [-0.05, 0) is 19.3 Å². The van der Waals surface area contributed by atoms with Gasteiger partial charge in [0.2, 0.25) is 0 Å². The van der Waals surface area contributed by atoms with Crippen molar-refractivity contribution in [2.75, 3.05) is 0 Å². The zero-order chi connectivity index (χ0) is 14.0. The van der Waals surface area contributed by atoms with E-state index in [0.29, 0.717) is 0 Å². The summed E-state index contributed by atoms with van der Waals surface area (Å²) in [4.78, 5) is 11.1. The van der Waals surface area contributed by atoms with Gasteiger partial charge in [-0.1, -0.05) is 59.3 Å². The van der Waals surface area contributed by atoms with E-state index in [2.05, 4.69) is 20.8 Å². The van der Waals surface area contributed by atoms with Gasteiger partial charge in [0.05, 0.1) is 12.1 Å². The molecule has 0 aromatic carbocycles. The molecule has 116 valence electrons. The number of unbranched alkanes of at least 4 members (excludes halogenated alkanes) is 3. The maximum absolute atomic E-state index is 11.1. The summed E-state index contributed by atoms with van der Waals surface area (Å²) in [7, 11) is 0. The Kier molecular flexibility index (Phi) is 12.2. The SMILES string of the molecule is CCCCC(CCCC)(CCCC)C(O)C(=O)[O-].[NH4+]. The first-order chi connectivity index (χ1) is 8.54. The van der Waals surface area contributed by atoms with Crippen molar-refractivity contribution in [2.24, 2.45) is 5.41 Å². The monoisotopic (exact) mass is 275 g/mol. The summed E-state index contributed by atoms with van der Waals surface area (Å²) < 4.78 is 0. The molecule has 0 aliphatic rings. The smallest absolute Gasteiger partial charge is 0.0989 e. The van der Waals surface area contributed by atoms with Gasteiger partial charge in [-0.15, -0.1) is 0 Å². The second-order valence-electron chi connectivity index (χ2n) is 5.39. The van der Waals surface area contributed by atoms with Crippen molar-refractivity contribution >= 4 is 5.97 Å². The highest BCUT2D eigenvalue weighted by Crippen LogP contribution is 2.39. The van der Waals surface area contributed by atoms with Crippen LogP contribution in [0, 0.1) is 5.41 Å². The molecule has 0 saturated heterocycles. The Labute approximate surface area is 118 Å². The summed E-state index contributed by atoms with van der Waals surface area (Å²) in [6, 6.07) is 0. The van der Waals surface area contributed by atoms with Crippen LogP contribution in [0.3, 0.4) is 0 Å². The number of hydrogen-bond donors (Lipinski definition) is 2. The van der Waals surface area contributed by atoms with E-state index in [4.69, 9.17) is 0 Å². The number of rotatable bonds is 11. The van der Waals surface area contributed by atoms with E-state index >= 15 is 0 Å². The number of carboxylic acids is 1. The van der Waals surface area contributed by atoms with Crippen molar-refractivity contribution in [1.82, 2.24) is 6.15 Å². The Balaban J connectivity index is 0. The predicted octanol–water partition coefficient (Wildman–Crippen LogP) is 3.03. The van der Waals surface area contributed by atoms with E-state index in [1.165, 1.54) is 0 Å². The summed E-state index contributed by atoms with van der Waals surface area (Å²) in [6.45, 7) is 6.28. The van der Waals surface area contributed by atoms with Gasteiger partial charge in [0, 0.05) is 5.41 Å². The molecule has 0 radical (unpaired) electrons. The van der Waals surface area contributed by atoms with E-state index in [-0.39, 0.29) is 6.15 Å². The Morgan fingerprint density at radius 2 is 1.32 bits per heavy atom. The molecule has 0 spiro atoms. The average molecular weight is 275 g/mol. The number of quaternary nitrogens is 1. The van der Waals surface area contributed by atoms with Crippen LogP contribution >= 0.6 is 0 Å². The lowest BCUT2D eigenvalue weighted by molar-refractivity contribution is -0.320. The summed E-state index contributed by atoms with van der Waals surface area (Å²) in [5.41, 5.74) is -0.471. The largest absolute Gasteiger partial charge is 0.547 e. The van der Waals surface area contributed by atoms with Crippen molar-refractivity contribution in [2.45, 2.75) is 84.7 Å². The highest BCUT2D eigenvalue weighted by molar-refractivity contribution is 5.70. The molecule has 4 heteroatoms. The lowest BCUT2D eigenvalue weighted by Crippen LogP contribution is -2.48. The van der Waals surface area contributed by atoms with Gasteiger partial charge in [0.1, 0.15) is 0 Å². The molecular weight excluding hydrogens is 242 g/mol. The minimum Gasteiger partial charge on any atom is -0.547 e. The molecule has 19 heavy (non-hydrogen) atoms. The molecule has 0 aromatic heterocycles. The molecule has 0 bridgehead atoms. The van der Waals surface area contributed by atoms with Crippen molar-refractivity contribution in [3.8, 4) is 0 Å². The van der Waals surface area contributed by atoms with Gasteiger partial charge in [-0.3, -0.25) is 0 Å². The predicted molar refractivity (Wildman–Crippen MR) is 78.0 cm³/mol. The summed E-state index contributed by atoms with van der Waals surface area (Å²) >= 11 is 0. The van der Waals surface area contributed by atoms with E-state index in [1.807, 2.05) is 0 Å². The number of aliphatic carboxylic acids is 1. The maximum Gasteiger partial charge on any atom is 0.0989 e. The molecular formula is C15H33NO3. The molecule has 0 aliphatic carbocycles. The Hall–Kier alpha value is -0.610. The standard InChI is InChI=1S/C15H30O3.H3N/c1-4-7-10-15(11-8-5-2,12-9-6-3)13(16)14(17)18;/h13,16H,4-12H2,1-3H3,(H,17,18);1H3. The van der Waals surface area contributed by atoms with Crippen LogP contribution in [0.4, 0.5) is 0 Å². The number of aliphatic hydroxyl groups is 1. The second-order valence-corrected chi connectivity index (χ2v) is 5.39. The van der Waals surface area contributed by atoms with Crippen LogP contribution in [-0.4, -0.2) is 17.2 Å². The topological polar surface area (TPSA) is 96.9 Å². The molecule has 4 nitrogen and oxygen atoms in total. The van der Waals surface area contributed by atoms with Crippen molar-refractivity contribution in [1.29, 1.82) is 0 Å². The van der Waals surface area contributed by atoms with Gasteiger partial charge in [0.15, 0.2) is 0 Å². The van der Waals surface area contributed by atoms with E-state index < -0.39 is 17.5 Å². The fourth-order valence-corrected chi connectivity index (χ4v) is 2.62. The van der Waals surface area contributed by atoms with Crippen LogP contribution in [-0.2, 0) is 4.79 Å². The Bertz CT molecular complexity index is 210. The highest BCUT2D eigenvalue weighted by atomic mass is 16.4. The number of carboxylic acid groups (broad SMARTS) is 1. The molecule has 0 amide bonds. The average Bonchev–Trinajstić information content (AvgIpc) is 2.37. The quantitative estimate of drug-likeness (QED) is 0.606. The van der Waals surface area contributed by atoms with Crippen LogP contribution in [0.5, 0.6) is 0 Å². The fourth-order valence-electron chi connectivity index (χ4n) is 2.62. The zero-order valence-corrected chi connectivity index (χ0v) is 13.2. The number of hydrogen-bond acceptors (Lipinski definition) is 3. The zero-order valence-electron chi connectivity index (χ0n) is 13.2. The van der Waals surface area contributed by atoms with Crippen LogP contribution in [0.15, 0.2) is 0 Å². The highest BCUT2D eigenvalue weighted by Gasteiger charge is 2.36. The Morgan fingerprint density at radius 1 is 1.00 bits per heavy atom. The fraction of sp³-hybridized carbons (Fsp3) is 0.933. The summed E-state index contributed by atoms with van der Waals surface area (Å²) in [5.74, 6) is -1.31. The lowest BCUT2D eigenvalue weighted by atomic mass is 9.70. The molecule has 1 atom stereocenters. The molecule has 0 heterocycles. The third kappa shape index (κ3) is 6.92. The van der Waals surface area contributed by atoms with Gasteiger partial charge in [-0.2, -0.15) is 0 Å². The first kappa shape index (κ1) is 20.7. The van der Waals surface area contributed by atoms with Gasteiger partial charge >= 0.3 is 0 Å². The van der Waals surface area contributed by atoms with E-state index in [9.17, 15) is 15.0 Å². The maximum atomic E-state index is 11.1. The number of carbonyl (C=O) groups excluding carboxylic acids is 1. The molecule has 5 N–H and O–H groups in total. The summed E-state index contributed by atoms with van der Waals surface area (Å²) in [6.07, 6.45) is 7.05. The first-order valence-electron chi connectivity index (χ1n) is 7.43. The third-order valence-corrected chi connectivity index (χ3v) is 3.89. The third-order valence-electron chi connectivity index (χ3n) is 3.89. The van der Waals surface area contributed by atoms with Crippen LogP contribution in [0.1, 0.15) is 78.6 Å². The number of carbonyl (C=O) groups is 1. The summed E-state index contributed by atoms with van der Waals surface area (Å²) in [5, 5.41) is 21.1. The van der Waals surface area contributed by atoms with Crippen LogP contribution < -0.4 is 11.3 Å². The second kappa shape index (κ2) is 11.2. The van der Waals surface area contributed by atoms with Crippen LogP contribution in [0.25, 0.3) is 0 Å². The van der Waals surface area contributed by atoms with Gasteiger partial charge < -0.3 is 21.2 Å². The van der Waals surface area contributed by atoms with E-state index in [0.717, 1.165) is 57.8 Å². The van der Waals surface area contributed by atoms with Crippen LogP contribution in [0.2, 0.25) is 0 Å². The Morgan fingerprint density at radius 3 is 1.53 bits per heavy atom. The molecule has 0 aliphatic heterocycles. The molecule has 0 aromatic rings. The molecule has 0 saturated carbocycles. The molecule has 1 unspecified atom stereocenters. The van der Waals surface area contributed by atoms with Crippen molar-refractivity contribution < 1.29 is 15.0 Å². The lowest BCUT2D eigenvalue weighted by Gasteiger charge is -2.39. The molecule has 0 rings (SSSR count).